The van der Waals surface area contributed by atoms with Crippen molar-refractivity contribution in [2.24, 2.45) is 0 Å². The van der Waals surface area contributed by atoms with Gasteiger partial charge in [0.2, 0.25) is 0 Å². The maximum Gasteiger partial charge on any atom is -1.00 e. The molecule has 1 unspecified atom stereocenters. The molecule has 0 saturated heterocycles. The molecule has 143 valence electrons. The molecule has 0 fully saturated rings. The van der Waals surface area contributed by atoms with Crippen LogP contribution in [0.3, 0.4) is 0 Å². The average molecular weight is 496 g/mol. The van der Waals surface area contributed by atoms with E-state index in [1.165, 1.54) is 27.8 Å². The van der Waals surface area contributed by atoms with Crippen molar-refractivity contribution in [2.75, 3.05) is 0 Å². The van der Waals surface area contributed by atoms with Gasteiger partial charge in [-0.25, -0.2) is 0 Å². The molecule has 0 N–H and O–H groups in total. The van der Waals surface area contributed by atoms with Gasteiger partial charge in [-0.05, 0) is 0 Å². The standard InChI is InChI=1S/C18H13.C8H8.2ClH.Zr/c1-2-7-13(6-1)15-10-5-11-17-16-9-4-3-8-14(16)12-18(15)17;1-2-8-6-4-3-5-7-8;;;/h1-6,8-12H,7H2;3-7H,1H3;2*1H;/q;;;;+2/p-2. The van der Waals surface area contributed by atoms with Crippen LogP contribution in [0.2, 0.25) is 0 Å². The first-order valence-electron chi connectivity index (χ1n) is 9.57. The molecule has 2 aliphatic rings. The fourth-order valence-electron chi connectivity index (χ4n) is 4.33. The second-order valence-electron chi connectivity index (χ2n) is 7.25. The first kappa shape index (κ1) is 22.2. The van der Waals surface area contributed by atoms with Crippen molar-refractivity contribution in [1.29, 1.82) is 0 Å². The van der Waals surface area contributed by atoms with Crippen LogP contribution in [-0.4, -0.2) is 3.21 Å². The van der Waals surface area contributed by atoms with Crippen molar-refractivity contribution in [2.45, 2.75) is 17.0 Å². The van der Waals surface area contributed by atoms with Crippen LogP contribution in [0, 0.1) is 0 Å². The number of rotatable bonds is 3. The predicted octanol–water partition coefficient (Wildman–Crippen LogP) is 0.431. The van der Waals surface area contributed by atoms with E-state index in [-0.39, 0.29) is 24.8 Å². The normalized spacial score (nSPS) is 16.1. The fourth-order valence-corrected chi connectivity index (χ4v) is 8.33. The van der Waals surface area contributed by atoms with Crippen LogP contribution < -0.4 is 24.8 Å². The maximum atomic E-state index is 2.37. The number of allylic oxidation sites excluding steroid dienone is 4. The summed E-state index contributed by atoms with van der Waals surface area (Å²) in [5.41, 5.74) is 10.4. The van der Waals surface area contributed by atoms with Gasteiger partial charge in [-0.1, -0.05) is 0 Å². The molecular weight excluding hydrogens is 474 g/mol. The summed E-state index contributed by atoms with van der Waals surface area (Å²) in [5.74, 6) is 0. The molecule has 0 amide bonds. The zero-order valence-electron chi connectivity index (χ0n) is 16.2. The summed E-state index contributed by atoms with van der Waals surface area (Å²) in [7, 11) is 0. The summed E-state index contributed by atoms with van der Waals surface area (Å²) in [4.78, 5) is 0. The molecular formula is C26H21Cl2Zr. The molecule has 29 heavy (non-hydrogen) atoms. The van der Waals surface area contributed by atoms with E-state index in [0.29, 0.717) is 3.63 Å². The van der Waals surface area contributed by atoms with Crippen molar-refractivity contribution < 1.29 is 47.6 Å². The minimum atomic E-state index is -0.829. The summed E-state index contributed by atoms with van der Waals surface area (Å²) < 4.78 is 2.22. The molecule has 3 heteroatoms. The average Bonchev–Trinajstić information content (AvgIpc) is 3.36. The van der Waals surface area contributed by atoms with Crippen molar-refractivity contribution in [3.8, 4) is 11.1 Å². The van der Waals surface area contributed by atoms with Gasteiger partial charge in [0.25, 0.3) is 0 Å². The molecule has 0 aliphatic heterocycles. The Balaban J connectivity index is 0.00000120. The second kappa shape index (κ2) is 9.52. The van der Waals surface area contributed by atoms with Gasteiger partial charge in [-0.2, -0.15) is 0 Å². The van der Waals surface area contributed by atoms with Crippen molar-refractivity contribution in [3.63, 3.8) is 0 Å². The number of halogens is 2. The SMILES string of the molecule is C/[C](=[Zr+2]\[CH]1c2ccccc2-c2cccc(C3=CC=CC3)c21)c1ccccc1.[Cl-].[Cl-]. The molecule has 0 nitrogen and oxygen atoms in total. The first-order valence-corrected chi connectivity index (χ1v) is 12.2. The summed E-state index contributed by atoms with van der Waals surface area (Å²) in [6.45, 7) is 2.36. The second-order valence-corrected chi connectivity index (χ2v) is 11.2. The molecule has 5 rings (SSSR count). The molecule has 3 aromatic carbocycles. The van der Waals surface area contributed by atoms with Crippen LogP contribution in [0.4, 0.5) is 0 Å². The Morgan fingerprint density at radius 1 is 0.793 bits per heavy atom. The van der Waals surface area contributed by atoms with Crippen molar-refractivity contribution in [1.82, 2.24) is 0 Å². The van der Waals surface area contributed by atoms with Crippen LogP contribution >= 0.6 is 0 Å². The van der Waals surface area contributed by atoms with Gasteiger partial charge < -0.3 is 24.8 Å². The van der Waals surface area contributed by atoms with E-state index in [4.69, 9.17) is 0 Å². The minimum Gasteiger partial charge on any atom is -1.00 e. The van der Waals surface area contributed by atoms with Gasteiger partial charge in [0.05, 0.1) is 0 Å². The first-order chi connectivity index (χ1) is 13.3. The van der Waals surface area contributed by atoms with Gasteiger partial charge in [0, 0.05) is 0 Å². The minimum absolute atomic E-state index is 0. The third-order valence-electron chi connectivity index (χ3n) is 5.64. The van der Waals surface area contributed by atoms with Crippen LogP contribution in [0.25, 0.3) is 16.7 Å². The van der Waals surface area contributed by atoms with E-state index < -0.39 is 22.8 Å². The molecule has 2 aliphatic carbocycles. The molecule has 1 atom stereocenters. The molecule has 0 aromatic heterocycles. The Labute approximate surface area is 196 Å². The van der Waals surface area contributed by atoms with Crippen LogP contribution in [0.5, 0.6) is 0 Å². The smallest absolute Gasteiger partial charge is 1.00 e. The third-order valence-corrected chi connectivity index (χ3v) is 9.60. The van der Waals surface area contributed by atoms with E-state index >= 15 is 0 Å². The fraction of sp³-hybridized carbons (Fsp3) is 0.115. The number of hydrogen-bond acceptors (Lipinski definition) is 0. The largest absolute Gasteiger partial charge is 1.00 e. The van der Waals surface area contributed by atoms with Gasteiger partial charge in [-0.15, -0.1) is 0 Å². The third kappa shape index (κ3) is 4.06. The van der Waals surface area contributed by atoms with Crippen LogP contribution in [0.1, 0.15) is 39.2 Å². The molecule has 0 heterocycles. The quantitative estimate of drug-likeness (QED) is 0.495. The van der Waals surface area contributed by atoms with E-state index in [0.717, 1.165) is 6.42 Å². The summed E-state index contributed by atoms with van der Waals surface area (Å²) in [5, 5.41) is 0. The van der Waals surface area contributed by atoms with Crippen LogP contribution in [0.15, 0.2) is 91.0 Å². The van der Waals surface area contributed by atoms with E-state index in [2.05, 4.69) is 97.9 Å². The van der Waals surface area contributed by atoms with Crippen molar-refractivity contribution >= 4 is 8.78 Å². The van der Waals surface area contributed by atoms with Gasteiger partial charge in [0.1, 0.15) is 0 Å². The zero-order valence-corrected chi connectivity index (χ0v) is 20.2. The Hall–Kier alpha value is -1.53. The number of benzene rings is 3. The zero-order chi connectivity index (χ0) is 18.2. The number of hydrogen-bond donors (Lipinski definition) is 0. The Morgan fingerprint density at radius 3 is 2.24 bits per heavy atom. The van der Waals surface area contributed by atoms with Crippen LogP contribution in [-0.2, 0) is 22.8 Å². The molecule has 0 radical (unpaired) electrons. The Morgan fingerprint density at radius 2 is 1.48 bits per heavy atom. The maximum absolute atomic E-state index is 2.37. The topological polar surface area (TPSA) is 0 Å². The predicted molar refractivity (Wildman–Crippen MR) is 112 cm³/mol. The van der Waals surface area contributed by atoms with E-state index in [9.17, 15) is 0 Å². The Bertz CT molecular complexity index is 1110. The summed E-state index contributed by atoms with van der Waals surface area (Å²) in [6.07, 6.45) is 7.83. The Kier molecular flexibility index (Phi) is 7.28. The molecule has 0 spiro atoms. The van der Waals surface area contributed by atoms with E-state index in [1.54, 1.807) is 14.3 Å². The van der Waals surface area contributed by atoms with Crippen molar-refractivity contribution in [3.05, 3.63) is 113 Å². The summed E-state index contributed by atoms with van der Waals surface area (Å²) >= 11 is -0.829. The van der Waals surface area contributed by atoms with Gasteiger partial charge >= 0.3 is 173 Å². The summed E-state index contributed by atoms with van der Waals surface area (Å²) in [6, 6.07) is 27.0. The van der Waals surface area contributed by atoms with Gasteiger partial charge in [0.15, 0.2) is 0 Å². The monoisotopic (exact) mass is 493 g/mol. The molecule has 3 aromatic rings. The molecule has 0 bridgehead atoms. The van der Waals surface area contributed by atoms with Gasteiger partial charge in [-0.3, -0.25) is 0 Å². The number of fused-ring (bicyclic) bond motifs is 3. The molecule has 0 saturated carbocycles. The van der Waals surface area contributed by atoms with E-state index in [1.807, 2.05) is 0 Å².